The second kappa shape index (κ2) is 11.2. The van der Waals surface area contributed by atoms with E-state index in [4.69, 9.17) is 20.8 Å². The molecule has 42 heavy (non-hydrogen) atoms. The molecule has 0 spiro atoms. The van der Waals surface area contributed by atoms with E-state index in [1.54, 1.807) is 54.6 Å². The smallest absolute Gasteiger partial charge is 0.312 e. The highest BCUT2D eigenvalue weighted by molar-refractivity contribution is 9.10. The van der Waals surface area contributed by atoms with Crippen molar-refractivity contribution < 1.29 is 18.5 Å². The number of ether oxygens (including phenoxy) is 1. The number of furan rings is 1. The van der Waals surface area contributed by atoms with Gasteiger partial charge in [0.1, 0.15) is 18.0 Å². The Morgan fingerprint density at radius 2 is 1.88 bits per heavy atom. The van der Waals surface area contributed by atoms with Gasteiger partial charge >= 0.3 is 5.69 Å². The quantitative estimate of drug-likeness (QED) is 0.0996. The van der Waals surface area contributed by atoms with Crippen molar-refractivity contribution >= 4 is 61.3 Å². The second-order valence-corrected chi connectivity index (χ2v) is 10.4. The van der Waals surface area contributed by atoms with Crippen LogP contribution in [-0.2, 0) is 6.61 Å². The Kier molecular flexibility index (Phi) is 7.27. The van der Waals surface area contributed by atoms with E-state index in [-0.39, 0.29) is 45.2 Å². The van der Waals surface area contributed by atoms with Gasteiger partial charge in [0, 0.05) is 27.6 Å². The number of hydrogen-bond acceptors (Lipinski definition) is 7. The minimum Gasteiger partial charge on any atom is -0.481 e. The van der Waals surface area contributed by atoms with Gasteiger partial charge in [0.15, 0.2) is 5.76 Å². The molecule has 0 atom stereocenters. The summed E-state index contributed by atoms with van der Waals surface area (Å²) >= 11 is 9.45. The largest absolute Gasteiger partial charge is 0.481 e. The normalized spacial score (nSPS) is 11.5. The molecule has 0 saturated carbocycles. The van der Waals surface area contributed by atoms with Crippen LogP contribution in [0.15, 0.2) is 104 Å². The van der Waals surface area contributed by atoms with Crippen molar-refractivity contribution in [1.29, 1.82) is 0 Å². The van der Waals surface area contributed by atoms with E-state index in [1.165, 1.54) is 36.5 Å². The predicted molar refractivity (Wildman–Crippen MR) is 161 cm³/mol. The number of benzene rings is 4. The van der Waals surface area contributed by atoms with Gasteiger partial charge in [-0.25, -0.2) is 9.37 Å². The van der Waals surface area contributed by atoms with Gasteiger partial charge < -0.3 is 9.15 Å². The van der Waals surface area contributed by atoms with E-state index in [1.807, 2.05) is 0 Å². The molecule has 0 saturated heterocycles. The Hall–Kier alpha value is -4.87. The van der Waals surface area contributed by atoms with Crippen molar-refractivity contribution in [3.05, 3.63) is 132 Å². The van der Waals surface area contributed by atoms with Gasteiger partial charge in [0.05, 0.1) is 26.5 Å². The first-order valence-corrected chi connectivity index (χ1v) is 13.6. The molecule has 12 heteroatoms. The summed E-state index contributed by atoms with van der Waals surface area (Å²) in [5.74, 6) is -0.165. The fourth-order valence-electron chi connectivity index (χ4n) is 4.36. The molecule has 6 aromatic rings. The molecule has 0 aliphatic carbocycles. The fourth-order valence-corrected chi connectivity index (χ4v) is 5.12. The molecule has 6 rings (SSSR count). The van der Waals surface area contributed by atoms with Crippen LogP contribution in [0.5, 0.6) is 5.75 Å². The maximum Gasteiger partial charge on any atom is 0.312 e. The minimum absolute atomic E-state index is 0.0773. The van der Waals surface area contributed by atoms with Crippen LogP contribution in [-0.4, -0.2) is 20.8 Å². The third-order valence-corrected chi connectivity index (χ3v) is 7.17. The second-order valence-electron chi connectivity index (χ2n) is 9.10. The summed E-state index contributed by atoms with van der Waals surface area (Å²) in [6.07, 6.45) is 1.29. The molecule has 0 aliphatic heterocycles. The lowest BCUT2D eigenvalue weighted by molar-refractivity contribution is -0.386. The van der Waals surface area contributed by atoms with E-state index in [9.17, 15) is 19.3 Å². The summed E-state index contributed by atoms with van der Waals surface area (Å²) in [6.45, 7) is -0.218. The predicted octanol–water partition coefficient (Wildman–Crippen LogP) is 7.73. The number of nitro groups is 1. The van der Waals surface area contributed by atoms with Crippen LogP contribution in [0.4, 0.5) is 10.1 Å². The maximum absolute atomic E-state index is 14.1. The molecular weight excluding hydrogens is 631 g/mol. The number of fused-ring (bicyclic) bond motifs is 2. The first-order chi connectivity index (χ1) is 20.3. The van der Waals surface area contributed by atoms with Crippen molar-refractivity contribution in [2.24, 2.45) is 5.10 Å². The van der Waals surface area contributed by atoms with E-state index >= 15 is 0 Å². The zero-order chi connectivity index (χ0) is 29.4. The highest BCUT2D eigenvalue weighted by Crippen LogP contribution is 2.37. The molecule has 0 fully saturated rings. The molecule has 0 N–H and O–H groups in total. The van der Waals surface area contributed by atoms with Gasteiger partial charge in [0.25, 0.3) is 5.56 Å². The number of rotatable bonds is 7. The molecule has 0 bridgehead atoms. The third kappa shape index (κ3) is 5.27. The molecule has 208 valence electrons. The summed E-state index contributed by atoms with van der Waals surface area (Å²) in [4.78, 5) is 29.5. The molecule has 2 heterocycles. The first kappa shape index (κ1) is 27.3. The van der Waals surface area contributed by atoms with Gasteiger partial charge in [-0.3, -0.25) is 14.9 Å². The Morgan fingerprint density at radius 1 is 1.10 bits per heavy atom. The molecule has 9 nitrogen and oxygen atoms in total. The van der Waals surface area contributed by atoms with E-state index in [2.05, 4.69) is 26.0 Å². The van der Waals surface area contributed by atoms with Crippen molar-refractivity contribution in [2.45, 2.75) is 6.61 Å². The molecular formula is C30H17BrClFN4O5. The lowest BCUT2D eigenvalue weighted by atomic mass is 10.2. The van der Waals surface area contributed by atoms with Gasteiger partial charge in [-0.15, -0.1) is 0 Å². The van der Waals surface area contributed by atoms with Crippen LogP contribution >= 0.6 is 27.5 Å². The van der Waals surface area contributed by atoms with Gasteiger partial charge in [-0.05, 0) is 64.5 Å². The number of aromatic nitrogens is 2. The zero-order valence-corrected chi connectivity index (χ0v) is 23.7. The molecule has 0 unspecified atom stereocenters. The Labute approximate surface area is 249 Å². The first-order valence-electron chi connectivity index (χ1n) is 12.4. The summed E-state index contributed by atoms with van der Waals surface area (Å²) in [6, 6.07) is 22.4. The fraction of sp³-hybridized carbons (Fsp3) is 0.0333. The van der Waals surface area contributed by atoms with Gasteiger partial charge in [-0.1, -0.05) is 41.9 Å². The Bertz CT molecular complexity index is 2110. The average molecular weight is 648 g/mol. The minimum atomic E-state index is -0.618. The molecule has 4 aromatic carbocycles. The Morgan fingerprint density at radius 3 is 2.69 bits per heavy atom. The number of nitro benzene ring substituents is 1. The standard InChI is InChI=1S/C30H17BrClFN4O5/c31-22-11-17(12-25(37(39)40)28(22)41-16-18-5-1-3-7-23(18)33)15-34-36-29(35-24-8-4-2-6-21(24)30(36)38)27-14-19-13-20(32)9-10-26(19)42-27/h1-15H,16H2. The highest BCUT2D eigenvalue weighted by Gasteiger charge is 2.21. The summed E-state index contributed by atoms with van der Waals surface area (Å²) in [5.41, 5.74) is 0.668. The van der Waals surface area contributed by atoms with Crippen LogP contribution in [0.2, 0.25) is 5.02 Å². The van der Waals surface area contributed by atoms with Crippen LogP contribution in [0.25, 0.3) is 33.5 Å². The zero-order valence-electron chi connectivity index (χ0n) is 21.3. The van der Waals surface area contributed by atoms with E-state index < -0.39 is 16.3 Å². The third-order valence-electron chi connectivity index (χ3n) is 6.35. The number of halogens is 3. The van der Waals surface area contributed by atoms with Crippen LogP contribution in [0.3, 0.4) is 0 Å². The summed E-state index contributed by atoms with van der Waals surface area (Å²) in [5, 5.41) is 17.8. The van der Waals surface area contributed by atoms with Crippen LogP contribution in [0, 0.1) is 15.9 Å². The van der Waals surface area contributed by atoms with Crippen molar-refractivity contribution in [3.8, 4) is 17.3 Å². The van der Waals surface area contributed by atoms with E-state index in [0.717, 1.165) is 4.68 Å². The number of hydrogen-bond donors (Lipinski definition) is 0. The van der Waals surface area contributed by atoms with Gasteiger partial charge in [-0.2, -0.15) is 9.78 Å². The Balaban J connectivity index is 1.42. The molecule has 0 amide bonds. The van der Waals surface area contributed by atoms with Crippen molar-refractivity contribution in [2.75, 3.05) is 0 Å². The molecule has 0 aliphatic rings. The topological polar surface area (TPSA) is 113 Å². The summed E-state index contributed by atoms with van der Waals surface area (Å²) in [7, 11) is 0. The average Bonchev–Trinajstić information content (AvgIpc) is 3.39. The monoisotopic (exact) mass is 646 g/mol. The van der Waals surface area contributed by atoms with Crippen LogP contribution < -0.4 is 10.3 Å². The molecule has 0 radical (unpaired) electrons. The van der Waals surface area contributed by atoms with Gasteiger partial charge in [0.2, 0.25) is 11.6 Å². The molecule has 2 aromatic heterocycles. The van der Waals surface area contributed by atoms with Crippen molar-refractivity contribution in [3.63, 3.8) is 0 Å². The van der Waals surface area contributed by atoms with Crippen LogP contribution in [0.1, 0.15) is 11.1 Å². The highest BCUT2D eigenvalue weighted by atomic mass is 79.9. The van der Waals surface area contributed by atoms with E-state index in [0.29, 0.717) is 26.9 Å². The maximum atomic E-state index is 14.1. The lowest BCUT2D eigenvalue weighted by Crippen LogP contribution is -2.20. The number of para-hydroxylation sites is 1. The summed E-state index contributed by atoms with van der Waals surface area (Å²) < 4.78 is 27.0. The van der Waals surface area contributed by atoms with Crippen molar-refractivity contribution in [1.82, 2.24) is 9.66 Å². The lowest BCUT2D eigenvalue weighted by Gasteiger charge is -2.10. The SMILES string of the molecule is O=c1c2ccccc2nc(-c2cc3cc(Cl)ccc3o2)n1N=Cc1cc(Br)c(OCc2ccccc2F)c([N+](=O)[O-])c1. The number of nitrogens with zero attached hydrogens (tertiary/aromatic N) is 4.